The second-order valence-corrected chi connectivity index (χ2v) is 15.5. The lowest BCUT2D eigenvalue weighted by Crippen LogP contribution is -2.00. The molecule has 0 aliphatic carbocycles. The van der Waals surface area contributed by atoms with Crippen LogP contribution in [0.5, 0.6) is 0 Å². The van der Waals surface area contributed by atoms with Gasteiger partial charge in [0, 0.05) is 52.5 Å². The number of hydrogen-bond acceptors (Lipinski definition) is 7. The van der Waals surface area contributed by atoms with Crippen molar-refractivity contribution in [2.24, 2.45) is 0 Å². The Balaban J connectivity index is 1.11. The van der Waals surface area contributed by atoms with Crippen molar-refractivity contribution >= 4 is 68.7 Å². The predicted octanol–water partition coefficient (Wildman–Crippen LogP) is 13.5. The molecule has 4 aromatic heterocycles. The summed E-state index contributed by atoms with van der Waals surface area (Å²) in [6.45, 7) is 8.21. The van der Waals surface area contributed by atoms with Crippen LogP contribution in [0.2, 0.25) is 0 Å². The minimum Gasteiger partial charge on any atom is -0.226 e. The fourth-order valence-electron chi connectivity index (χ4n) is 7.10. The quantitative estimate of drug-likeness (QED) is 0.145. The fourth-order valence-corrected chi connectivity index (χ4v) is 9.52. The van der Waals surface area contributed by atoms with Gasteiger partial charge in [-0.1, -0.05) is 159 Å². The zero-order chi connectivity index (χ0) is 37.6. The van der Waals surface area contributed by atoms with Gasteiger partial charge in [-0.15, -0.1) is 22.7 Å². The third kappa shape index (κ3) is 6.00. The van der Waals surface area contributed by atoms with Gasteiger partial charge in [-0.05, 0) is 34.9 Å². The molecule has 10 rings (SSSR count). The van der Waals surface area contributed by atoms with Gasteiger partial charge in [0.25, 0.3) is 0 Å². The number of rotatable bonds is 8. The molecule has 0 saturated heterocycles. The van der Waals surface area contributed by atoms with E-state index in [0.717, 1.165) is 74.9 Å². The molecule has 0 saturated carbocycles. The monoisotopic (exact) mass is 753 g/mol. The maximum atomic E-state index is 5.17. The molecule has 6 aromatic carbocycles. The average molecular weight is 754 g/mol. The van der Waals surface area contributed by atoms with Crippen LogP contribution in [0, 0.1) is 0 Å². The van der Waals surface area contributed by atoms with E-state index >= 15 is 0 Å². The number of thiophene rings is 2. The highest BCUT2D eigenvalue weighted by atomic mass is 32.1. The highest BCUT2D eigenvalue weighted by molar-refractivity contribution is 7.26. The van der Waals surface area contributed by atoms with Crippen molar-refractivity contribution in [3.8, 4) is 56.7 Å². The molecule has 5 nitrogen and oxygen atoms in total. The van der Waals surface area contributed by atoms with Crippen LogP contribution in [0.25, 0.3) is 103 Å². The molecule has 7 heteroatoms. The summed E-state index contributed by atoms with van der Waals surface area (Å²) >= 11 is 3.43. The van der Waals surface area contributed by atoms with Crippen LogP contribution in [-0.4, -0.2) is 24.9 Å². The third-order valence-electron chi connectivity index (χ3n) is 9.87. The van der Waals surface area contributed by atoms with E-state index in [1.807, 2.05) is 48.6 Å². The summed E-state index contributed by atoms with van der Waals surface area (Å²) in [5, 5.41) is 3.42. The van der Waals surface area contributed by atoms with E-state index in [1.54, 1.807) is 28.7 Å². The van der Waals surface area contributed by atoms with E-state index in [4.69, 9.17) is 24.9 Å². The molecule has 56 heavy (non-hydrogen) atoms. The van der Waals surface area contributed by atoms with Gasteiger partial charge in [0.05, 0.1) is 15.9 Å². The van der Waals surface area contributed by atoms with Gasteiger partial charge < -0.3 is 0 Å². The number of fused-ring (bicyclic) bond motifs is 6. The molecule has 0 spiro atoms. The second kappa shape index (κ2) is 14.0. The van der Waals surface area contributed by atoms with E-state index in [1.165, 1.54) is 10.3 Å². The molecule has 0 amide bonds. The number of benzene rings is 6. The van der Waals surface area contributed by atoms with Crippen LogP contribution < -0.4 is 0 Å². The van der Waals surface area contributed by atoms with Crippen molar-refractivity contribution in [2.75, 3.05) is 0 Å². The summed E-state index contributed by atoms with van der Waals surface area (Å²) in [5.41, 5.74) is 8.65. The molecule has 0 bridgehead atoms. The van der Waals surface area contributed by atoms with E-state index in [9.17, 15) is 0 Å². The Morgan fingerprint density at radius 1 is 0.464 bits per heavy atom. The molecule has 0 aliphatic heterocycles. The lowest BCUT2D eigenvalue weighted by atomic mass is 10.0. The molecule has 4 heterocycles. The SMILES string of the molecule is C=C/C=C\C(=C)c1nc(-c2ccc3c(c2)sc2c(-c4nc(-c5ccccc5)nc(-c5ccc(-c6ccccc6)cc5)n4)cccc23)nc2c1sc1ccccc12. The highest BCUT2D eigenvalue weighted by Crippen LogP contribution is 2.42. The minimum absolute atomic E-state index is 0.627. The van der Waals surface area contributed by atoms with Crippen LogP contribution in [-0.2, 0) is 0 Å². The van der Waals surface area contributed by atoms with Gasteiger partial charge in [0.15, 0.2) is 23.3 Å². The highest BCUT2D eigenvalue weighted by Gasteiger charge is 2.19. The van der Waals surface area contributed by atoms with Gasteiger partial charge in [-0.25, -0.2) is 24.9 Å². The van der Waals surface area contributed by atoms with Gasteiger partial charge in [0.1, 0.15) is 0 Å². The zero-order valence-electron chi connectivity index (χ0n) is 30.1. The molecule has 0 atom stereocenters. The van der Waals surface area contributed by atoms with Crippen molar-refractivity contribution in [1.29, 1.82) is 0 Å². The Hall–Kier alpha value is -6.93. The molecule has 264 valence electrons. The van der Waals surface area contributed by atoms with Crippen LogP contribution in [0.1, 0.15) is 5.69 Å². The van der Waals surface area contributed by atoms with Crippen molar-refractivity contribution in [3.05, 3.63) is 183 Å². The number of nitrogens with zero attached hydrogens (tertiary/aromatic N) is 5. The summed E-state index contributed by atoms with van der Waals surface area (Å²) in [5.74, 6) is 2.55. The van der Waals surface area contributed by atoms with Gasteiger partial charge >= 0.3 is 0 Å². The van der Waals surface area contributed by atoms with Gasteiger partial charge in [-0.3, -0.25) is 0 Å². The molecule has 0 aliphatic rings. The first-order valence-corrected chi connectivity index (χ1v) is 19.9. The Kier molecular flexibility index (Phi) is 8.44. The van der Waals surface area contributed by atoms with Crippen LogP contribution in [0.3, 0.4) is 0 Å². The second-order valence-electron chi connectivity index (χ2n) is 13.4. The normalized spacial score (nSPS) is 11.6. The topological polar surface area (TPSA) is 64.5 Å². The van der Waals surface area contributed by atoms with Gasteiger partial charge in [-0.2, -0.15) is 0 Å². The van der Waals surface area contributed by atoms with E-state index in [0.29, 0.717) is 23.3 Å². The fraction of sp³-hybridized carbons (Fsp3) is 0. The Bertz CT molecular complexity index is 3160. The number of hydrogen-bond donors (Lipinski definition) is 0. The standard InChI is InChI=1S/C49H31N5S2/c1-3-4-14-30(2)42-45-43(38-19-11-12-22-40(38)55-45)51-48(50-42)35-27-28-36-37-20-13-21-39(44(37)56-41(36)29-35)49-53-46(33-17-9-6-10-18-33)52-47(54-49)34-25-23-32(24-26-34)31-15-7-5-8-16-31/h3-29H,1-2H2/b14-4-. The van der Waals surface area contributed by atoms with Crippen molar-refractivity contribution in [3.63, 3.8) is 0 Å². The van der Waals surface area contributed by atoms with Gasteiger partial charge in [0.2, 0.25) is 0 Å². The summed E-state index contributed by atoms with van der Waals surface area (Å²) in [6, 6.07) is 50.2. The average Bonchev–Trinajstić information content (AvgIpc) is 3.84. The largest absolute Gasteiger partial charge is 0.226 e. The molecule has 10 aromatic rings. The molecule has 0 N–H and O–H groups in total. The first kappa shape index (κ1) is 33.6. The Morgan fingerprint density at radius 2 is 1.05 bits per heavy atom. The smallest absolute Gasteiger partial charge is 0.165 e. The lowest BCUT2D eigenvalue weighted by molar-refractivity contribution is 1.08. The summed E-state index contributed by atoms with van der Waals surface area (Å²) in [6.07, 6.45) is 5.60. The molecular formula is C49H31N5S2. The van der Waals surface area contributed by atoms with Crippen LogP contribution in [0.4, 0.5) is 0 Å². The summed E-state index contributed by atoms with van der Waals surface area (Å²) in [4.78, 5) is 25.5. The Labute approximate surface area is 331 Å². The zero-order valence-corrected chi connectivity index (χ0v) is 31.7. The Morgan fingerprint density at radius 3 is 1.82 bits per heavy atom. The van der Waals surface area contributed by atoms with Crippen molar-refractivity contribution in [1.82, 2.24) is 24.9 Å². The van der Waals surface area contributed by atoms with E-state index in [2.05, 4.69) is 122 Å². The molecule has 0 unspecified atom stereocenters. The first-order chi connectivity index (χ1) is 27.6. The maximum Gasteiger partial charge on any atom is 0.165 e. The minimum atomic E-state index is 0.627. The summed E-state index contributed by atoms with van der Waals surface area (Å²) < 4.78 is 4.44. The van der Waals surface area contributed by atoms with Crippen molar-refractivity contribution in [2.45, 2.75) is 0 Å². The maximum absolute atomic E-state index is 5.17. The first-order valence-electron chi connectivity index (χ1n) is 18.2. The van der Waals surface area contributed by atoms with Crippen LogP contribution >= 0.6 is 22.7 Å². The van der Waals surface area contributed by atoms with Crippen molar-refractivity contribution < 1.29 is 0 Å². The number of allylic oxidation sites excluding steroid dienone is 4. The predicted molar refractivity (Wildman–Crippen MR) is 237 cm³/mol. The molecule has 0 radical (unpaired) electrons. The lowest BCUT2D eigenvalue weighted by Gasteiger charge is -2.10. The van der Waals surface area contributed by atoms with Crippen LogP contribution in [0.15, 0.2) is 177 Å². The van der Waals surface area contributed by atoms with E-state index < -0.39 is 0 Å². The summed E-state index contributed by atoms with van der Waals surface area (Å²) in [7, 11) is 0. The van der Waals surface area contributed by atoms with E-state index in [-0.39, 0.29) is 0 Å². The molecule has 0 fully saturated rings. The number of aromatic nitrogens is 5. The third-order valence-corrected chi connectivity index (χ3v) is 12.2. The molecular weight excluding hydrogens is 723 g/mol.